The molecule has 0 saturated heterocycles. The van der Waals surface area contributed by atoms with E-state index in [1.54, 1.807) is 36.4 Å². The molecule has 0 aliphatic rings. The molecule has 3 rings (SSSR count). The van der Waals surface area contributed by atoms with Gasteiger partial charge in [0, 0.05) is 29.2 Å². The monoisotopic (exact) mass is 471 g/mol. The van der Waals surface area contributed by atoms with E-state index in [0.717, 1.165) is 5.56 Å². The second kappa shape index (κ2) is 10.3. The number of carbonyl (C=O) groups is 2. The van der Waals surface area contributed by atoms with Gasteiger partial charge in [-0.25, -0.2) is 8.42 Å². The maximum absolute atomic E-state index is 12.6. The fourth-order valence-corrected chi connectivity index (χ4v) is 4.09. The van der Waals surface area contributed by atoms with E-state index >= 15 is 0 Å². The largest absolute Gasteiger partial charge is 0.350 e. The van der Waals surface area contributed by atoms with Crippen molar-refractivity contribution in [3.8, 4) is 0 Å². The van der Waals surface area contributed by atoms with E-state index in [1.807, 2.05) is 19.1 Å². The van der Waals surface area contributed by atoms with Crippen molar-refractivity contribution >= 4 is 39.1 Å². The average molecular weight is 472 g/mol. The lowest BCUT2D eigenvalue weighted by Gasteiger charge is -2.11. The maximum Gasteiger partial charge on any atom is 0.261 e. The second-order valence-electron chi connectivity index (χ2n) is 6.96. The lowest BCUT2D eigenvalue weighted by Crippen LogP contribution is -2.34. The van der Waals surface area contributed by atoms with E-state index in [4.69, 9.17) is 11.6 Å². The molecule has 9 heteroatoms. The van der Waals surface area contributed by atoms with Crippen LogP contribution in [0.5, 0.6) is 0 Å². The number of benzene rings is 3. The number of amides is 2. The molecule has 0 aliphatic carbocycles. The third-order valence-corrected chi connectivity index (χ3v) is 6.25. The van der Waals surface area contributed by atoms with Crippen molar-refractivity contribution in [1.82, 2.24) is 10.6 Å². The highest BCUT2D eigenvalue weighted by Gasteiger charge is 2.16. The molecule has 0 saturated carbocycles. The normalized spacial score (nSPS) is 10.9. The quantitative estimate of drug-likeness (QED) is 0.436. The van der Waals surface area contributed by atoms with E-state index in [0.29, 0.717) is 21.8 Å². The Bertz CT molecular complexity index is 1210. The SMILES string of the molecule is Cc1ccccc1NS(=O)(=O)c1ccc(C(=O)NCCNC(=O)c2ccc(Cl)cc2)cc1. The van der Waals surface area contributed by atoms with Gasteiger partial charge in [0.15, 0.2) is 0 Å². The molecule has 0 aliphatic heterocycles. The summed E-state index contributed by atoms with van der Waals surface area (Å²) in [5, 5.41) is 5.92. The number of para-hydroxylation sites is 1. The van der Waals surface area contributed by atoms with Gasteiger partial charge in [0.25, 0.3) is 21.8 Å². The minimum atomic E-state index is -3.78. The van der Waals surface area contributed by atoms with Gasteiger partial charge in [-0.1, -0.05) is 29.8 Å². The molecular formula is C23H22ClN3O4S. The summed E-state index contributed by atoms with van der Waals surface area (Å²) in [6.45, 7) is 2.26. The molecule has 7 nitrogen and oxygen atoms in total. The Morgan fingerprint density at radius 1 is 0.781 bits per heavy atom. The lowest BCUT2D eigenvalue weighted by molar-refractivity contribution is 0.0927. The minimum absolute atomic E-state index is 0.0486. The van der Waals surface area contributed by atoms with Crippen LogP contribution in [0.3, 0.4) is 0 Å². The van der Waals surface area contributed by atoms with Crippen molar-refractivity contribution in [1.29, 1.82) is 0 Å². The lowest BCUT2D eigenvalue weighted by atomic mass is 10.2. The van der Waals surface area contributed by atoms with Crippen molar-refractivity contribution in [2.75, 3.05) is 17.8 Å². The molecule has 3 aromatic carbocycles. The highest BCUT2D eigenvalue weighted by molar-refractivity contribution is 7.92. The van der Waals surface area contributed by atoms with Crippen LogP contribution in [-0.2, 0) is 10.0 Å². The van der Waals surface area contributed by atoms with Gasteiger partial charge in [0.05, 0.1) is 10.6 Å². The van der Waals surface area contributed by atoms with Crippen molar-refractivity contribution in [2.45, 2.75) is 11.8 Å². The Balaban J connectivity index is 1.52. The van der Waals surface area contributed by atoms with Crippen LogP contribution in [0.15, 0.2) is 77.7 Å². The number of anilines is 1. The smallest absolute Gasteiger partial charge is 0.261 e. The molecule has 0 atom stereocenters. The highest BCUT2D eigenvalue weighted by atomic mass is 35.5. The number of nitrogens with one attached hydrogen (secondary N) is 3. The molecule has 0 aromatic heterocycles. The Labute approximate surface area is 191 Å². The fraction of sp³-hybridized carbons (Fsp3) is 0.130. The summed E-state index contributed by atoms with van der Waals surface area (Å²) >= 11 is 5.80. The topological polar surface area (TPSA) is 104 Å². The van der Waals surface area contributed by atoms with Crippen LogP contribution in [0.4, 0.5) is 5.69 Å². The molecule has 0 spiro atoms. The first-order valence-corrected chi connectivity index (χ1v) is 11.6. The predicted octanol–water partition coefficient (Wildman–Crippen LogP) is 3.61. The fourth-order valence-electron chi connectivity index (χ4n) is 2.83. The second-order valence-corrected chi connectivity index (χ2v) is 9.08. The van der Waals surface area contributed by atoms with Gasteiger partial charge in [0.1, 0.15) is 0 Å². The third kappa shape index (κ3) is 6.09. The number of sulfonamides is 1. The first kappa shape index (κ1) is 23.3. The third-order valence-electron chi connectivity index (χ3n) is 4.62. The van der Waals surface area contributed by atoms with Crippen LogP contribution < -0.4 is 15.4 Å². The zero-order valence-electron chi connectivity index (χ0n) is 17.3. The van der Waals surface area contributed by atoms with Gasteiger partial charge in [-0.15, -0.1) is 0 Å². The van der Waals surface area contributed by atoms with Crippen LogP contribution in [0.1, 0.15) is 26.3 Å². The van der Waals surface area contributed by atoms with Crippen molar-refractivity contribution < 1.29 is 18.0 Å². The van der Waals surface area contributed by atoms with Gasteiger partial charge in [0.2, 0.25) is 0 Å². The van der Waals surface area contributed by atoms with E-state index in [9.17, 15) is 18.0 Å². The zero-order valence-corrected chi connectivity index (χ0v) is 18.8. The molecule has 0 heterocycles. The standard InChI is InChI=1S/C23H22ClN3O4S/c1-16-4-2-3-5-21(16)27-32(30,31)20-12-8-18(9-13-20)23(29)26-15-14-25-22(28)17-6-10-19(24)11-7-17/h2-13,27H,14-15H2,1H3,(H,25,28)(H,26,29). The summed E-state index contributed by atoms with van der Waals surface area (Å²) in [4.78, 5) is 24.4. The van der Waals surface area contributed by atoms with Crippen LogP contribution in [0.25, 0.3) is 0 Å². The molecular weight excluding hydrogens is 450 g/mol. The molecule has 2 amide bonds. The van der Waals surface area contributed by atoms with Crippen molar-refractivity contribution in [3.63, 3.8) is 0 Å². The Morgan fingerprint density at radius 2 is 1.28 bits per heavy atom. The van der Waals surface area contributed by atoms with Gasteiger partial charge < -0.3 is 10.6 Å². The number of hydrogen-bond acceptors (Lipinski definition) is 4. The van der Waals surface area contributed by atoms with E-state index in [-0.39, 0.29) is 29.8 Å². The van der Waals surface area contributed by atoms with E-state index in [2.05, 4.69) is 15.4 Å². The Kier molecular flexibility index (Phi) is 7.50. The summed E-state index contributed by atoms with van der Waals surface area (Å²) in [6.07, 6.45) is 0. The number of carbonyl (C=O) groups excluding carboxylic acids is 2. The molecule has 32 heavy (non-hydrogen) atoms. The maximum atomic E-state index is 12.6. The number of halogens is 1. The van der Waals surface area contributed by atoms with Crippen LogP contribution in [0, 0.1) is 6.92 Å². The molecule has 0 unspecified atom stereocenters. The van der Waals surface area contributed by atoms with E-state index in [1.165, 1.54) is 24.3 Å². The molecule has 3 aromatic rings. The van der Waals surface area contributed by atoms with Gasteiger partial charge in [-0.2, -0.15) is 0 Å². The van der Waals surface area contributed by atoms with E-state index < -0.39 is 10.0 Å². The average Bonchev–Trinajstić information content (AvgIpc) is 2.78. The molecule has 166 valence electrons. The van der Waals surface area contributed by atoms with Crippen molar-refractivity contribution in [3.05, 3.63) is 94.5 Å². The minimum Gasteiger partial charge on any atom is -0.350 e. The zero-order chi connectivity index (χ0) is 23.1. The molecule has 0 radical (unpaired) electrons. The van der Waals surface area contributed by atoms with Crippen molar-refractivity contribution in [2.24, 2.45) is 0 Å². The summed E-state index contributed by atoms with van der Waals surface area (Å²) < 4.78 is 27.7. The molecule has 0 fully saturated rings. The Morgan fingerprint density at radius 3 is 1.81 bits per heavy atom. The molecule has 3 N–H and O–H groups in total. The Hall–Kier alpha value is -3.36. The van der Waals surface area contributed by atoms with Gasteiger partial charge in [-0.05, 0) is 67.1 Å². The number of hydrogen-bond donors (Lipinski definition) is 3. The summed E-state index contributed by atoms with van der Waals surface area (Å²) in [5.74, 6) is -0.645. The number of aryl methyl sites for hydroxylation is 1. The highest BCUT2D eigenvalue weighted by Crippen LogP contribution is 2.19. The number of rotatable bonds is 8. The summed E-state index contributed by atoms with van der Waals surface area (Å²) in [7, 11) is -3.78. The molecule has 0 bridgehead atoms. The van der Waals surface area contributed by atoms with Crippen LogP contribution >= 0.6 is 11.6 Å². The first-order valence-electron chi connectivity index (χ1n) is 9.77. The van der Waals surface area contributed by atoms with Crippen LogP contribution in [-0.4, -0.2) is 33.3 Å². The van der Waals surface area contributed by atoms with Crippen LogP contribution in [0.2, 0.25) is 5.02 Å². The first-order chi connectivity index (χ1) is 15.3. The predicted molar refractivity (Wildman–Crippen MR) is 125 cm³/mol. The summed E-state index contributed by atoms with van der Waals surface area (Å²) in [5.41, 5.74) is 2.07. The van der Waals surface area contributed by atoms with Gasteiger partial charge >= 0.3 is 0 Å². The van der Waals surface area contributed by atoms with Gasteiger partial charge in [-0.3, -0.25) is 14.3 Å². The summed E-state index contributed by atoms with van der Waals surface area (Å²) in [6, 6.07) is 19.2.